The van der Waals surface area contributed by atoms with Crippen molar-refractivity contribution in [3.8, 4) is 5.69 Å². The maximum atomic E-state index is 4.27. The van der Waals surface area contributed by atoms with E-state index in [9.17, 15) is 0 Å². The summed E-state index contributed by atoms with van der Waals surface area (Å²) in [6, 6.07) is 10.0. The largest absolute Gasteiger partial charge is 0.240 e. The summed E-state index contributed by atoms with van der Waals surface area (Å²) in [4.78, 5) is 0. The standard InChI is InChI=1S/C11H8Br2N2/c12-11(13)6-9-7-14-15(8-9)10-4-2-1-3-5-10/h1-8H. The monoisotopic (exact) mass is 326 g/mol. The molecule has 0 saturated carbocycles. The van der Waals surface area contributed by atoms with Crippen molar-refractivity contribution in [3.63, 3.8) is 0 Å². The minimum atomic E-state index is 0.905. The molecular weight excluding hydrogens is 320 g/mol. The molecule has 1 aromatic heterocycles. The number of hydrogen-bond donors (Lipinski definition) is 0. The van der Waals surface area contributed by atoms with Crippen LogP contribution in [0.5, 0.6) is 0 Å². The first-order valence-electron chi connectivity index (χ1n) is 4.38. The summed E-state index contributed by atoms with van der Waals surface area (Å²) < 4.78 is 2.75. The fraction of sp³-hybridized carbons (Fsp3) is 0. The number of benzene rings is 1. The zero-order valence-corrected chi connectivity index (χ0v) is 10.9. The van der Waals surface area contributed by atoms with E-state index in [1.165, 1.54) is 0 Å². The molecule has 0 atom stereocenters. The molecule has 76 valence electrons. The third-order valence-electron chi connectivity index (χ3n) is 1.90. The average molecular weight is 328 g/mol. The van der Waals surface area contributed by atoms with Crippen molar-refractivity contribution in [2.24, 2.45) is 0 Å². The molecule has 2 aromatic rings. The molecule has 0 aliphatic rings. The van der Waals surface area contributed by atoms with Crippen LogP contribution in [-0.4, -0.2) is 9.78 Å². The van der Waals surface area contributed by atoms with E-state index in [0.29, 0.717) is 0 Å². The summed E-state index contributed by atoms with van der Waals surface area (Å²) in [5, 5.41) is 4.27. The first kappa shape index (κ1) is 10.6. The minimum Gasteiger partial charge on any atom is -0.240 e. The Balaban J connectivity index is 2.32. The fourth-order valence-electron chi connectivity index (χ4n) is 1.26. The molecular formula is C11H8Br2N2. The summed E-state index contributed by atoms with van der Waals surface area (Å²) in [5.41, 5.74) is 2.10. The third kappa shape index (κ3) is 2.79. The number of aromatic nitrogens is 2. The lowest BCUT2D eigenvalue weighted by atomic mass is 10.3. The fourth-order valence-corrected chi connectivity index (χ4v) is 1.79. The van der Waals surface area contributed by atoms with E-state index in [4.69, 9.17) is 0 Å². The second-order valence-electron chi connectivity index (χ2n) is 2.99. The lowest BCUT2D eigenvalue weighted by molar-refractivity contribution is 0.880. The normalized spacial score (nSPS) is 10.0. The molecule has 4 heteroatoms. The third-order valence-corrected chi connectivity index (χ3v) is 2.36. The van der Waals surface area contributed by atoms with Gasteiger partial charge in [-0.3, -0.25) is 0 Å². The van der Waals surface area contributed by atoms with E-state index in [-0.39, 0.29) is 0 Å². The highest BCUT2D eigenvalue weighted by atomic mass is 79.9. The Hall–Kier alpha value is -0.870. The Morgan fingerprint density at radius 2 is 1.93 bits per heavy atom. The number of hydrogen-bond acceptors (Lipinski definition) is 1. The summed E-state index contributed by atoms with van der Waals surface area (Å²) in [6.45, 7) is 0. The van der Waals surface area contributed by atoms with Crippen LogP contribution in [0.15, 0.2) is 46.1 Å². The molecule has 15 heavy (non-hydrogen) atoms. The lowest BCUT2D eigenvalue weighted by Gasteiger charge is -1.98. The van der Waals surface area contributed by atoms with Gasteiger partial charge in [-0.15, -0.1) is 0 Å². The van der Waals surface area contributed by atoms with Crippen LogP contribution in [0.3, 0.4) is 0 Å². The molecule has 0 amide bonds. The van der Waals surface area contributed by atoms with Crippen molar-refractivity contribution in [2.45, 2.75) is 0 Å². The van der Waals surface area contributed by atoms with E-state index < -0.39 is 0 Å². The highest BCUT2D eigenvalue weighted by molar-refractivity contribution is 9.28. The second kappa shape index (κ2) is 4.77. The first-order valence-corrected chi connectivity index (χ1v) is 5.97. The van der Waals surface area contributed by atoms with Gasteiger partial charge < -0.3 is 0 Å². The molecule has 0 unspecified atom stereocenters. The number of rotatable bonds is 2. The highest BCUT2D eigenvalue weighted by Crippen LogP contribution is 2.18. The molecule has 0 N–H and O–H groups in total. The maximum Gasteiger partial charge on any atom is 0.0645 e. The van der Waals surface area contributed by atoms with E-state index >= 15 is 0 Å². The van der Waals surface area contributed by atoms with Crippen molar-refractivity contribution in [1.82, 2.24) is 9.78 Å². The van der Waals surface area contributed by atoms with Crippen LogP contribution in [0.4, 0.5) is 0 Å². The van der Waals surface area contributed by atoms with Crippen molar-refractivity contribution < 1.29 is 0 Å². The van der Waals surface area contributed by atoms with Gasteiger partial charge in [0.05, 0.1) is 15.3 Å². The van der Waals surface area contributed by atoms with Gasteiger partial charge in [0.2, 0.25) is 0 Å². The van der Waals surface area contributed by atoms with Crippen LogP contribution >= 0.6 is 31.9 Å². The van der Waals surface area contributed by atoms with Crippen LogP contribution in [0.1, 0.15) is 5.56 Å². The predicted molar refractivity (Wildman–Crippen MR) is 69.4 cm³/mol. The Labute approximate surface area is 105 Å². The van der Waals surface area contributed by atoms with Gasteiger partial charge in [0, 0.05) is 11.8 Å². The summed E-state index contributed by atoms with van der Waals surface area (Å²) in [5.74, 6) is 0. The molecule has 1 aromatic carbocycles. The Kier molecular flexibility index (Phi) is 3.38. The van der Waals surface area contributed by atoms with Crippen molar-refractivity contribution in [2.75, 3.05) is 0 Å². The smallest absolute Gasteiger partial charge is 0.0645 e. The van der Waals surface area contributed by atoms with Crippen LogP contribution in [0.25, 0.3) is 11.8 Å². The van der Waals surface area contributed by atoms with Gasteiger partial charge in [-0.1, -0.05) is 18.2 Å². The van der Waals surface area contributed by atoms with Gasteiger partial charge >= 0.3 is 0 Å². The van der Waals surface area contributed by atoms with Crippen LogP contribution in [0, 0.1) is 0 Å². The lowest BCUT2D eigenvalue weighted by Crippen LogP contribution is -1.92. The number of para-hydroxylation sites is 1. The first-order chi connectivity index (χ1) is 7.25. The molecule has 0 spiro atoms. The van der Waals surface area contributed by atoms with Crippen LogP contribution in [0.2, 0.25) is 0 Å². The maximum absolute atomic E-state index is 4.27. The van der Waals surface area contributed by atoms with Crippen LogP contribution in [-0.2, 0) is 0 Å². The van der Waals surface area contributed by atoms with Gasteiger partial charge in [0.15, 0.2) is 0 Å². The van der Waals surface area contributed by atoms with Crippen molar-refractivity contribution in [3.05, 3.63) is 51.7 Å². The quantitative estimate of drug-likeness (QED) is 0.816. The number of nitrogens with zero attached hydrogens (tertiary/aromatic N) is 2. The van der Waals surface area contributed by atoms with E-state index in [1.54, 1.807) is 0 Å². The van der Waals surface area contributed by atoms with Gasteiger partial charge in [0.25, 0.3) is 0 Å². The van der Waals surface area contributed by atoms with Gasteiger partial charge in [-0.25, -0.2) is 4.68 Å². The van der Waals surface area contributed by atoms with Gasteiger partial charge in [0.1, 0.15) is 0 Å². The SMILES string of the molecule is BrC(Br)=Cc1cnn(-c2ccccc2)c1. The zero-order chi connectivity index (χ0) is 10.7. The molecule has 1 heterocycles. The zero-order valence-electron chi connectivity index (χ0n) is 7.77. The van der Waals surface area contributed by atoms with Crippen LogP contribution < -0.4 is 0 Å². The molecule has 0 aliphatic carbocycles. The number of halogens is 2. The van der Waals surface area contributed by atoms with E-state index in [2.05, 4.69) is 37.0 Å². The van der Waals surface area contributed by atoms with Crippen molar-refractivity contribution >= 4 is 37.9 Å². The molecule has 0 radical (unpaired) electrons. The summed E-state index contributed by atoms with van der Waals surface area (Å²) in [6.07, 6.45) is 5.74. The van der Waals surface area contributed by atoms with E-state index in [1.807, 2.05) is 53.5 Å². The van der Waals surface area contributed by atoms with Crippen molar-refractivity contribution in [1.29, 1.82) is 0 Å². The molecule has 0 aliphatic heterocycles. The topological polar surface area (TPSA) is 17.8 Å². The molecule has 2 rings (SSSR count). The summed E-state index contributed by atoms with van der Waals surface area (Å²) >= 11 is 6.63. The molecule has 2 nitrogen and oxygen atoms in total. The summed E-state index contributed by atoms with van der Waals surface area (Å²) in [7, 11) is 0. The average Bonchev–Trinajstić information content (AvgIpc) is 2.67. The second-order valence-corrected chi connectivity index (χ2v) is 5.76. The van der Waals surface area contributed by atoms with Gasteiger partial charge in [-0.05, 0) is 50.1 Å². The highest BCUT2D eigenvalue weighted by Gasteiger charge is 1.98. The molecule has 0 fully saturated rings. The molecule has 0 saturated heterocycles. The van der Waals surface area contributed by atoms with E-state index in [0.717, 1.165) is 14.6 Å². The molecule has 0 bridgehead atoms. The Morgan fingerprint density at radius 3 is 2.60 bits per heavy atom. The van der Waals surface area contributed by atoms with Gasteiger partial charge in [-0.2, -0.15) is 5.10 Å². The Bertz CT molecular complexity index is 470. The Morgan fingerprint density at radius 1 is 1.20 bits per heavy atom. The minimum absolute atomic E-state index is 0.905. The predicted octanol–water partition coefficient (Wildman–Crippen LogP) is 3.96.